The van der Waals surface area contributed by atoms with E-state index in [4.69, 9.17) is 4.74 Å². The molecule has 2 aromatic carbocycles. The van der Waals surface area contributed by atoms with E-state index in [-0.39, 0.29) is 24.4 Å². The zero-order chi connectivity index (χ0) is 21.8. The summed E-state index contributed by atoms with van der Waals surface area (Å²) in [5, 5.41) is 4.93. The molecular formula is C21H21F2N3O4. The van der Waals surface area contributed by atoms with E-state index < -0.39 is 35.4 Å². The highest BCUT2D eigenvalue weighted by molar-refractivity contribution is 6.01. The molecule has 1 saturated heterocycles. The standard InChI is InChI=1S/C21H21F2N3O4/c1-24-21(29)19(12-6-7-16(22)17(23)8-12)25-20(28)13-9-18(27)26(11-13)14-4-3-5-15(10-14)30-2/h3-8,10,13,19H,9,11H2,1-2H3,(H,24,29)(H,25,28). The second-order valence-electron chi connectivity index (χ2n) is 6.84. The van der Waals surface area contributed by atoms with Gasteiger partial charge in [0, 0.05) is 31.8 Å². The van der Waals surface area contributed by atoms with Crippen LogP contribution < -0.4 is 20.3 Å². The summed E-state index contributed by atoms with van der Waals surface area (Å²) in [6.07, 6.45) is -0.0404. The molecule has 0 aromatic heterocycles. The van der Waals surface area contributed by atoms with Crippen LogP contribution >= 0.6 is 0 Å². The van der Waals surface area contributed by atoms with Crippen LogP contribution in [0.1, 0.15) is 18.0 Å². The number of rotatable bonds is 6. The summed E-state index contributed by atoms with van der Waals surface area (Å²) in [5.41, 5.74) is 0.689. The summed E-state index contributed by atoms with van der Waals surface area (Å²) in [6, 6.07) is 8.64. The van der Waals surface area contributed by atoms with Gasteiger partial charge in [0.25, 0.3) is 0 Å². The second kappa shape index (κ2) is 8.89. The maximum Gasteiger partial charge on any atom is 0.246 e. The Bertz CT molecular complexity index is 982. The topological polar surface area (TPSA) is 87.7 Å². The molecule has 2 N–H and O–H groups in total. The van der Waals surface area contributed by atoms with Crippen molar-refractivity contribution in [3.8, 4) is 5.75 Å². The quantitative estimate of drug-likeness (QED) is 0.752. The number of nitrogens with zero attached hydrogens (tertiary/aromatic N) is 1. The maximum absolute atomic E-state index is 13.6. The largest absolute Gasteiger partial charge is 0.497 e. The summed E-state index contributed by atoms with van der Waals surface area (Å²) in [4.78, 5) is 39.0. The molecule has 3 amide bonds. The SMILES string of the molecule is CNC(=O)C(NC(=O)C1CC(=O)N(c2cccc(OC)c2)C1)c1ccc(F)c(F)c1. The van der Waals surface area contributed by atoms with Gasteiger partial charge < -0.3 is 20.3 Å². The number of ether oxygens (including phenoxy) is 1. The highest BCUT2D eigenvalue weighted by atomic mass is 19.2. The summed E-state index contributed by atoms with van der Waals surface area (Å²) in [6.45, 7) is 0.121. The minimum absolute atomic E-state index is 0.0404. The van der Waals surface area contributed by atoms with Gasteiger partial charge in [-0.05, 0) is 29.8 Å². The molecule has 1 fully saturated rings. The minimum atomic E-state index is -1.22. The summed E-state index contributed by atoms with van der Waals surface area (Å²) < 4.78 is 32.0. The van der Waals surface area contributed by atoms with Crippen molar-refractivity contribution < 1.29 is 27.9 Å². The van der Waals surface area contributed by atoms with E-state index in [1.165, 1.54) is 25.1 Å². The van der Waals surface area contributed by atoms with E-state index in [1.807, 2.05) is 0 Å². The van der Waals surface area contributed by atoms with Crippen LogP contribution in [-0.2, 0) is 14.4 Å². The maximum atomic E-state index is 13.6. The number of benzene rings is 2. The van der Waals surface area contributed by atoms with Crippen LogP contribution in [0.15, 0.2) is 42.5 Å². The number of nitrogens with one attached hydrogen (secondary N) is 2. The number of hydrogen-bond acceptors (Lipinski definition) is 4. The van der Waals surface area contributed by atoms with Gasteiger partial charge in [-0.3, -0.25) is 14.4 Å². The molecule has 2 unspecified atom stereocenters. The van der Waals surface area contributed by atoms with Gasteiger partial charge in [0.2, 0.25) is 17.7 Å². The van der Waals surface area contributed by atoms with E-state index in [1.54, 1.807) is 24.3 Å². The van der Waals surface area contributed by atoms with Crippen molar-refractivity contribution in [2.24, 2.45) is 5.92 Å². The first-order valence-electron chi connectivity index (χ1n) is 9.25. The molecule has 1 heterocycles. The van der Waals surface area contributed by atoms with Crippen LogP contribution in [-0.4, -0.2) is 38.4 Å². The van der Waals surface area contributed by atoms with E-state index in [0.717, 1.165) is 12.1 Å². The third-order valence-corrected chi connectivity index (χ3v) is 4.93. The number of carbonyl (C=O) groups is 3. The molecule has 0 radical (unpaired) electrons. The number of amides is 3. The minimum Gasteiger partial charge on any atom is -0.497 e. The molecule has 0 bridgehead atoms. The smallest absolute Gasteiger partial charge is 0.246 e. The Morgan fingerprint density at radius 2 is 1.93 bits per heavy atom. The Kier molecular flexibility index (Phi) is 6.29. The fourth-order valence-electron chi connectivity index (χ4n) is 3.31. The van der Waals surface area contributed by atoms with Crippen molar-refractivity contribution in [2.75, 3.05) is 25.6 Å². The Labute approximate surface area is 172 Å². The predicted molar refractivity (Wildman–Crippen MR) is 105 cm³/mol. The number of hydrogen-bond donors (Lipinski definition) is 2. The van der Waals surface area contributed by atoms with Gasteiger partial charge >= 0.3 is 0 Å². The zero-order valence-corrected chi connectivity index (χ0v) is 16.4. The average molecular weight is 417 g/mol. The van der Waals surface area contributed by atoms with Gasteiger partial charge in [-0.1, -0.05) is 12.1 Å². The van der Waals surface area contributed by atoms with Gasteiger partial charge in [0.1, 0.15) is 11.8 Å². The van der Waals surface area contributed by atoms with Crippen LogP contribution in [0.25, 0.3) is 0 Å². The Morgan fingerprint density at radius 3 is 2.60 bits per heavy atom. The van der Waals surface area contributed by atoms with Crippen molar-refractivity contribution in [1.82, 2.24) is 10.6 Å². The highest BCUT2D eigenvalue weighted by Crippen LogP contribution is 2.28. The molecule has 0 aliphatic carbocycles. The molecule has 158 valence electrons. The number of carbonyl (C=O) groups excluding carboxylic acids is 3. The number of halogens is 2. The van der Waals surface area contributed by atoms with E-state index in [9.17, 15) is 23.2 Å². The number of likely N-dealkylation sites (N-methyl/N-ethyl adjacent to an activating group) is 1. The van der Waals surface area contributed by atoms with Crippen LogP contribution in [0.5, 0.6) is 5.75 Å². The Morgan fingerprint density at radius 1 is 1.17 bits per heavy atom. The van der Waals surface area contributed by atoms with Gasteiger partial charge in [-0.15, -0.1) is 0 Å². The first kappa shape index (κ1) is 21.2. The van der Waals surface area contributed by atoms with Crippen molar-refractivity contribution >= 4 is 23.4 Å². The average Bonchev–Trinajstić information content (AvgIpc) is 3.15. The first-order chi connectivity index (χ1) is 14.3. The van der Waals surface area contributed by atoms with Crippen LogP contribution in [0.3, 0.4) is 0 Å². The molecule has 9 heteroatoms. The predicted octanol–water partition coefficient (Wildman–Crippen LogP) is 1.93. The molecule has 0 saturated carbocycles. The molecule has 2 aromatic rings. The van der Waals surface area contributed by atoms with Crippen LogP contribution in [0, 0.1) is 17.6 Å². The van der Waals surface area contributed by atoms with Gasteiger partial charge in [0.05, 0.1) is 13.0 Å². The van der Waals surface area contributed by atoms with Crippen LogP contribution in [0.4, 0.5) is 14.5 Å². The summed E-state index contributed by atoms with van der Waals surface area (Å²) in [5.74, 6) is -3.69. The molecule has 1 aliphatic heterocycles. The van der Waals surface area contributed by atoms with Crippen molar-refractivity contribution in [3.63, 3.8) is 0 Å². The molecule has 0 spiro atoms. The van der Waals surface area contributed by atoms with Gasteiger partial charge in [-0.2, -0.15) is 0 Å². The first-order valence-corrected chi connectivity index (χ1v) is 9.25. The number of methoxy groups -OCH3 is 1. The lowest BCUT2D eigenvalue weighted by Gasteiger charge is -2.21. The Hall–Kier alpha value is -3.49. The lowest BCUT2D eigenvalue weighted by molar-refractivity contribution is -0.131. The lowest BCUT2D eigenvalue weighted by Crippen LogP contribution is -2.42. The Balaban J connectivity index is 1.76. The number of anilines is 1. The van der Waals surface area contributed by atoms with Crippen LogP contribution in [0.2, 0.25) is 0 Å². The normalized spacial score (nSPS) is 16.9. The van der Waals surface area contributed by atoms with Crippen molar-refractivity contribution in [2.45, 2.75) is 12.5 Å². The molecule has 2 atom stereocenters. The monoisotopic (exact) mass is 417 g/mol. The molecule has 1 aliphatic rings. The lowest BCUT2D eigenvalue weighted by atomic mass is 10.0. The fraction of sp³-hybridized carbons (Fsp3) is 0.286. The zero-order valence-electron chi connectivity index (χ0n) is 16.4. The summed E-state index contributed by atoms with van der Waals surface area (Å²) >= 11 is 0. The van der Waals surface area contributed by atoms with E-state index >= 15 is 0 Å². The van der Waals surface area contributed by atoms with Gasteiger partial charge in [-0.25, -0.2) is 8.78 Å². The molecule has 3 rings (SSSR count). The molecule has 7 nitrogen and oxygen atoms in total. The molecular weight excluding hydrogens is 396 g/mol. The molecule has 30 heavy (non-hydrogen) atoms. The third kappa shape index (κ3) is 4.40. The highest BCUT2D eigenvalue weighted by Gasteiger charge is 2.37. The summed E-state index contributed by atoms with van der Waals surface area (Å²) in [7, 11) is 2.88. The second-order valence-corrected chi connectivity index (χ2v) is 6.84. The van der Waals surface area contributed by atoms with Crippen molar-refractivity contribution in [1.29, 1.82) is 0 Å². The fourth-order valence-corrected chi connectivity index (χ4v) is 3.31. The third-order valence-electron chi connectivity index (χ3n) is 4.93. The van der Waals surface area contributed by atoms with E-state index in [2.05, 4.69) is 10.6 Å². The van der Waals surface area contributed by atoms with Gasteiger partial charge in [0.15, 0.2) is 11.6 Å². The van der Waals surface area contributed by atoms with E-state index in [0.29, 0.717) is 11.4 Å². The van der Waals surface area contributed by atoms with Crippen molar-refractivity contribution in [3.05, 3.63) is 59.7 Å².